The van der Waals surface area contributed by atoms with Gasteiger partial charge in [0.1, 0.15) is 42.1 Å². The molecule has 1 heterocycles. The van der Waals surface area contributed by atoms with Gasteiger partial charge in [-0.05, 0) is 61.2 Å². The summed E-state index contributed by atoms with van der Waals surface area (Å²) in [5.41, 5.74) is -8.18. The average Bonchev–Trinajstić information content (AvgIpc) is 3.54. The summed E-state index contributed by atoms with van der Waals surface area (Å²) in [6.45, 7) is 10.6. The maximum absolute atomic E-state index is 16.2. The molecule has 0 aromatic heterocycles. The van der Waals surface area contributed by atoms with Crippen LogP contribution < -0.4 is 10.6 Å². The molecule has 0 spiro atoms. The highest BCUT2D eigenvalue weighted by Crippen LogP contribution is 2.65. The van der Waals surface area contributed by atoms with Crippen LogP contribution in [0.25, 0.3) is 0 Å². The van der Waals surface area contributed by atoms with Crippen LogP contribution in [-0.2, 0) is 71.5 Å². The number of carboxylic acid groups (broad SMARTS) is 1. The molecule has 3 fully saturated rings. The molecular formula is C58H66N2O19. The molecule has 0 unspecified atom stereocenters. The molecule has 4 N–H and O–H groups in total. The number of carboxylic acids is 1. The zero-order valence-corrected chi connectivity index (χ0v) is 45.1. The summed E-state index contributed by atoms with van der Waals surface area (Å²) in [6, 6.07) is 20.1. The van der Waals surface area contributed by atoms with Crippen LogP contribution in [0.15, 0.2) is 102 Å². The summed E-state index contributed by atoms with van der Waals surface area (Å²) in [5.74, 6) is -11.5. The van der Waals surface area contributed by atoms with Crippen molar-refractivity contribution in [3.05, 3.63) is 119 Å². The zero-order valence-electron chi connectivity index (χ0n) is 45.1. The van der Waals surface area contributed by atoms with E-state index in [1.54, 1.807) is 54.6 Å². The van der Waals surface area contributed by atoms with E-state index in [2.05, 4.69) is 10.6 Å². The van der Waals surface area contributed by atoms with Gasteiger partial charge in [0, 0.05) is 56.9 Å². The van der Waals surface area contributed by atoms with Crippen LogP contribution in [0.4, 0.5) is 0 Å². The third-order valence-electron chi connectivity index (χ3n) is 15.8. The third-order valence-corrected chi connectivity index (χ3v) is 15.8. The van der Waals surface area contributed by atoms with Gasteiger partial charge < -0.3 is 54.0 Å². The zero-order chi connectivity index (χ0) is 57.8. The Hall–Kier alpha value is -7.78. The van der Waals surface area contributed by atoms with Crippen molar-refractivity contribution in [2.75, 3.05) is 6.61 Å². The lowest BCUT2D eigenvalue weighted by Crippen LogP contribution is -2.82. The van der Waals surface area contributed by atoms with Crippen molar-refractivity contribution < 1.29 is 91.3 Å². The number of aliphatic hydroxyl groups is 1. The molecule has 2 bridgehead atoms. The largest absolute Gasteiger partial charge is 0.481 e. The highest BCUT2D eigenvalue weighted by molar-refractivity contribution is 5.98. The van der Waals surface area contributed by atoms with Crippen molar-refractivity contribution >= 4 is 59.4 Å². The lowest BCUT2D eigenvalue weighted by molar-refractivity contribution is -0.346. The van der Waals surface area contributed by atoms with E-state index in [1.165, 1.54) is 77.9 Å². The van der Waals surface area contributed by atoms with Crippen molar-refractivity contribution in [1.82, 2.24) is 10.6 Å². The smallest absolute Gasteiger partial charge is 0.350 e. The summed E-state index contributed by atoms with van der Waals surface area (Å²) in [6.07, 6.45) is -12.6. The number of hydrogen-bond acceptors (Lipinski definition) is 18. The number of hydrogen-bond donors (Lipinski definition) is 4. The number of aliphatic carboxylic acids is 1. The molecule has 422 valence electrons. The molecule has 1 aliphatic heterocycles. The van der Waals surface area contributed by atoms with Crippen LogP contribution >= 0.6 is 0 Å². The molecule has 3 aromatic carbocycles. The number of benzene rings is 3. The molecule has 12 atom stereocenters. The quantitative estimate of drug-likeness (QED) is 0.0697. The van der Waals surface area contributed by atoms with Crippen LogP contribution in [0.5, 0.6) is 0 Å². The first kappa shape index (κ1) is 58.9. The van der Waals surface area contributed by atoms with Gasteiger partial charge in [0.15, 0.2) is 17.5 Å². The van der Waals surface area contributed by atoms with Crippen molar-refractivity contribution in [3.63, 3.8) is 0 Å². The number of carbonyl (C=O) groups excluding carboxylic acids is 9. The Labute approximate surface area is 456 Å². The number of fused-ring (bicyclic) bond motifs is 5. The van der Waals surface area contributed by atoms with Crippen LogP contribution in [0.3, 0.4) is 0 Å². The van der Waals surface area contributed by atoms with Crippen molar-refractivity contribution in [1.29, 1.82) is 0 Å². The molecule has 21 nitrogen and oxygen atoms in total. The lowest BCUT2D eigenvalue weighted by Gasteiger charge is -2.67. The second-order valence-electron chi connectivity index (χ2n) is 21.0. The summed E-state index contributed by atoms with van der Waals surface area (Å²) in [7, 11) is 0. The van der Waals surface area contributed by atoms with E-state index in [1.807, 2.05) is 0 Å². The molecule has 3 aromatic rings. The summed E-state index contributed by atoms with van der Waals surface area (Å²) >= 11 is 0. The van der Waals surface area contributed by atoms with E-state index in [9.17, 15) is 48.6 Å². The van der Waals surface area contributed by atoms with E-state index < -0.39 is 162 Å². The predicted molar refractivity (Wildman–Crippen MR) is 275 cm³/mol. The fraction of sp³-hybridized carbons (Fsp3) is 0.483. The van der Waals surface area contributed by atoms with Crippen LogP contribution in [0, 0.1) is 16.7 Å². The molecule has 1 saturated heterocycles. The Balaban J connectivity index is 1.41. The third kappa shape index (κ3) is 11.5. The van der Waals surface area contributed by atoms with Gasteiger partial charge in [-0.15, -0.1) is 0 Å². The van der Waals surface area contributed by atoms with E-state index in [-0.39, 0.29) is 47.1 Å². The summed E-state index contributed by atoms with van der Waals surface area (Å²) in [4.78, 5) is 140. The van der Waals surface area contributed by atoms with Crippen molar-refractivity contribution in [3.8, 4) is 0 Å². The highest BCUT2D eigenvalue weighted by Gasteiger charge is 2.79. The maximum atomic E-state index is 16.2. The fourth-order valence-corrected chi connectivity index (χ4v) is 11.7. The number of Topliss-reactive ketones (excluding diaryl/α,β-unsaturated/α-hetero) is 1. The minimum atomic E-state index is -2.57. The molecule has 21 heteroatoms. The highest BCUT2D eigenvalue weighted by atomic mass is 16.6. The topological polar surface area (TPSA) is 300 Å². The normalized spacial score (nSPS) is 27.6. The van der Waals surface area contributed by atoms with E-state index in [4.69, 9.17) is 33.2 Å². The minimum absolute atomic E-state index is 0.00496. The first-order valence-corrected chi connectivity index (χ1v) is 26.1. The van der Waals surface area contributed by atoms with Gasteiger partial charge in [0.2, 0.25) is 12.0 Å². The van der Waals surface area contributed by atoms with E-state index in [0.29, 0.717) is 0 Å². The van der Waals surface area contributed by atoms with Crippen LogP contribution in [-0.4, -0.2) is 130 Å². The average molecular weight is 1100 g/mol. The van der Waals surface area contributed by atoms with Gasteiger partial charge in [0.05, 0.1) is 23.5 Å². The second-order valence-corrected chi connectivity index (χ2v) is 21.0. The second kappa shape index (κ2) is 23.7. The predicted octanol–water partition coefficient (Wildman–Crippen LogP) is 5.01. The summed E-state index contributed by atoms with van der Waals surface area (Å²) in [5, 5.41) is 29.0. The first-order valence-electron chi connectivity index (χ1n) is 26.1. The number of esters is 6. The van der Waals surface area contributed by atoms with Crippen molar-refractivity contribution in [2.24, 2.45) is 16.7 Å². The number of ketones is 1. The van der Waals surface area contributed by atoms with Gasteiger partial charge in [-0.3, -0.25) is 38.4 Å². The Kier molecular flexibility index (Phi) is 17.6. The Bertz CT molecular complexity index is 2890. The molecule has 0 radical (unpaired) electrons. The van der Waals surface area contributed by atoms with E-state index in [0.717, 1.165) is 13.8 Å². The van der Waals surface area contributed by atoms with Crippen LogP contribution in [0.1, 0.15) is 126 Å². The molecule has 2 amide bonds. The lowest BCUT2D eigenvalue weighted by atomic mass is 9.44. The van der Waals surface area contributed by atoms with Gasteiger partial charge in [-0.2, -0.15) is 0 Å². The van der Waals surface area contributed by atoms with E-state index >= 15 is 9.59 Å². The molecule has 4 aliphatic rings. The van der Waals surface area contributed by atoms with Gasteiger partial charge in [-0.25, -0.2) is 9.59 Å². The number of amides is 2. The fourth-order valence-electron chi connectivity index (χ4n) is 11.7. The molecule has 79 heavy (non-hydrogen) atoms. The van der Waals surface area contributed by atoms with Crippen molar-refractivity contribution in [2.45, 2.75) is 154 Å². The molecular weight excluding hydrogens is 1030 g/mol. The summed E-state index contributed by atoms with van der Waals surface area (Å²) < 4.78 is 43.1. The maximum Gasteiger partial charge on any atom is 0.350 e. The standard InChI is InChI=1S/C58H66N2O19/c1-9-42(65)76-39-28-40-57(30-73-40,79-33(5)62)48-50(78-53(70)36-24-18-13-19-25-36)58(72)29-38(31(3)44(55(58,6)7)46(74-32(4)61)49(67)56(39,48)8)75-54(71)47(77-43(66)10-2)45(34-20-14-11-15-21-34)60-52(69)37(26-27-41(63)64)59-51(68)35-22-16-12-17-23-35/h11-25,37-40,45-48,50,72H,9-10,26-30H2,1-8H3,(H,59,68)(H,60,69)(H,63,64)/t37-,38+,39+,40-,45+,46-,47-,48+,50+,56-,57+,58-/m1/s1. The van der Waals surface area contributed by atoms with Gasteiger partial charge in [-0.1, -0.05) is 94.4 Å². The monoisotopic (exact) mass is 1090 g/mol. The molecule has 2 saturated carbocycles. The van der Waals surface area contributed by atoms with Gasteiger partial charge in [0.25, 0.3) is 5.91 Å². The Morgan fingerprint density at radius 2 is 1.35 bits per heavy atom. The number of rotatable bonds is 19. The first-order chi connectivity index (χ1) is 37.3. The molecule has 7 rings (SSSR count). The molecule has 3 aliphatic carbocycles. The van der Waals surface area contributed by atoms with Crippen LogP contribution in [0.2, 0.25) is 0 Å². The minimum Gasteiger partial charge on any atom is -0.481 e. The number of ether oxygens (including phenoxy) is 7. The Morgan fingerprint density at radius 3 is 1.90 bits per heavy atom. The Morgan fingerprint density at radius 1 is 0.759 bits per heavy atom. The number of carbonyl (C=O) groups is 10. The SMILES string of the molecule is CCC(=O)O[C@H]1C[C@H]2OC[C@@]2(OC(C)=O)[C@H]2[C@H](OC(=O)c3ccccc3)[C@]3(O)C[C@H](OC(=O)[C@H](OC(=O)CC)[C@@H](NC(=O)[C@@H](CCC(=O)O)NC(=O)c4ccccc4)c4ccccc4)C(C)=C([C@@H](OC(C)=O)C(=O)[C@]12C)C3(C)C. The van der Waals surface area contributed by atoms with Gasteiger partial charge >= 0.3 is 41.8 Å². The number of nitrogens with one attached hydrogen (secondary N) is 2.